The molecule has 4 rings (SSSR count). The zero-order chi connectivity index (χ0) is 26.9. The van der Waals surface area contributed by atoms with Gasteiger partial charge in [0.25, 0.3) is 11.2 Å². The van der Waals surface area contributed by atoms with Gasteiger partial charge in [0.15, 0.2) is 0 Å². The van der Waals surface area contributed by atoms with Crippen molar-refractivity contribution in [2.45, 2.75) is 26.1 Å². The van der Waals surface area contributed by atoms with Gasteiger partial charge < -0.3 is 9.88 Å². The first-order valence-corrected chi connectivity index (χ1v) is 12.9. The van der Waals surface area contributed by atoms with Crippen molar-refractivity contribution >= 4 is 32.3 Å². The van der Waals surface area contributed by atoms with E-state index in [0.29, 0.717) is 10.6 Å². The summed E-state index contributed by atoms with van der Waals surface area (Å²) in [5, 5.41) is 12.8. The highest BCUT2D eigenvalue weighted by atomic mass is 32.1. The summed E-state index contributed by atoms with van der Waals surface area (Å²) < 4.78 is 30.5. The van der Waals surface area contributed by atoms with E-state index in [1.165, 1.54) is 31.2 Å². The first-order valence-electron chi connectivity index (χ1n) is 11.5. The maximum atomic E-state index is 14.5. The molecule has 0 aliphatic rings. The van der Waals surface area contributed by atoms with Crippen LogP contribution in [0.2, 0.25) is 0 Å². The van der Waals surface area contributed by atoms with Gasteiger partial charge in [-0.15, -0.1) is 11.3 Å². The fourth-order valence-corrected chi connectivity index (χ4v) is 5.56. The van der Waals surface area contributed by atoms with Crippen LogP contribution in [-0.2, 0) is 12.2 Å². The van der Waals surface area contributed by atoms with Gasteiger partial charge >= 0.3 is 0 Å². The summed E-state index contributed by atoms with van der Waals surface area (Å²) >= 11 is 1.40. The third kappa shape index (κ3) is 5.27. The van der Waals surface area contributed by atoms with Gasteiger partial charge in [0.05, 0.1) is 17.1 Å². The Balaban J connectivity index is 1.92. The number of pyridine rings is 1. The minimum Gasteiger partial charge on any atom is -0.388 e. The van der Waals surface area contributed by atoms with E-state index in [1.807, 2.05) is 69.4 Å². The Morgan fingerprint density at radius 1 is 1.14 bits per heavy atom. The number of nitriles is 1. The second-order valence-electron chi connectivity index (χ2n) is 8.79. The molecule has 0 saturated carbocycles. The lowest BCUT2D eigenvalue weighted by Crippen LogP contribution is -2.28. The third-order valence-electron chi connectivity index (χ3n) is 6.28. The van der Waals surface area contributed by atoms with Crippen LogP contribution in [0, 0.1) is 25.2 Å². The molecular formula is C29H26F2N3OPS. The number of alkyl halides is 2. The molecule has 4 nitrogen and oxygen atoms in total. The third-order valence-corrected chi connectivity index (χ3v) is 7.75. The smallest absolute Gasteiger partial charge is 0.285 e. The average Bonchev–Trinajstić information content (AvgIpc) is 3.35. The van der Waals surface area contributed by atoms with Crippen LogP contribution in [0.25, 0.3) is 27.1 Å². The number of aromatic nitrogens is 1. The highest BCUT2D eigenvalue weighted by Crippen LogP contribution is 2.40. The number of hydrogen-bond donors (Lipinski definition) is 1. The Labute approximate surface area is 221 Å². The average molecular weight is 534 g/mol. The van der Waals surface area contributed by atoms with Crippen LogP contribution in [0.4, 0.5) is 14.5 Å². The van der Waals surface area contributed by atoms with Crippen molar-refractivity contribution < 1.29 is 8.78 Å². The predicted octanol–water partition coefficient (Wildman–Crippen LogP) is 7.39. The van der Waals surface area contributed by atoms with Crippen molar-refractivity contribution in [3.05, 3.63) is 105 Å². The first kappa shape index (κ1) is 26.5. The maximum Gasteiger partial charge on any atom is 0.285 e. The highest BCUT2D eigenvalue weighted by Gasteiger charge is 2.32. The zero-order valence-electron chi connectivity index (χ0n) is 20.7. The summed E-state index contributed by atoms with van der Waals surface area (Å²) in [5.41, 5.74) is 0.777. The van der Waals surface area contributed by atoms with E-state index in [9.17, 15) is 18.8 Å². The van der Waals surface area contributed by atoms with Crippen molar-refractivity contribution in [3.8, 4) is 27.1 Å². The second-order valence-corrected chi connectivity index (χ2v) is 10.6. The van der Waals surface area contributed by atoms with Crippen LogP contribution < -0.4 is 10.9 Å². The summed E-state index contributed by atoms with van der Waals surface area (Å²) in [6, 6.07) is 18.5. The number of halogens is 2. The molecule has 0 aliphatic carbocycles. The van der Waals surface area contributed by atoms with Crippen LogP contribution in [0.15, 0.2) is 66.0 Å². The van der Waals surface area contributed by atoms with Crippen LogP contribution >= 0.6 is 20.6 Å². The van der Waals surface area contributed by atoms with E-state index < -0.39 is 22.3 Å². The van der Waals surface area contributed by atoms with Gasteiger partial charge in [0.2, 0.25) is 0 Å². The number of thiophene rings is 1. The fraction of sp³-hybridized carbons (Fsp3) is 0.172. The molecule has 0 fully saturated rings. The number of anilines is 1. The van der Waals surface area contributed by atoms with Crippen molar-refractivity contribution in [2.24, 2.45) is 0 Å². The van der Waals surface area contributed by atoms with Gasteiger partial charge in [0, 0.05) is 23.2 Å². The molecule has 2 aromatic carbocycles. The molecule has 37 heavy (non-hydrogen) atoms. The normalized spacial score (nSPS) is 11.3. The minimum atomic E-state index is -3.43. The van der Waals surface area contributed by atoms with Gasteiger partial charge in [-0.3, -0.25) is 4.79 Å². The molecule has 0 aliphatic heterocycles. The van der Waals surface area contributed by atoms with Crippen LogP contribution in [0.1, 0.15) is 33.4 Å². The van der Waals surface area contributed by atoms with E-state index >= 15 is 0 Å². The molecule has 2 aromatic heterocycles. The number of rotatable bonds is 7. The number of aryl methyl sites for hydroxylation is 2. The summed E-state index contributed by atoms with van der Waals surface area (Å²) in [5.74, 6) is 0. The molecule has 1 atom stereocenters. The van der Waals surface area contributed by atoms with Gasteiger partial charge in [-0.1, -0.05) is 57.8 Å². The Morgan fingerprint density at radius 2 is 1.86 bits per heavy atom. The van der Waals surface area contributed by atoms with E-state index in [-0.39, 0.29) is 6.54 Å². The van der Waals surface area contributed by atoms with Gasteiger partial charge in [-0.2, -0.15) is 14.0 Å². The fourth-order valence-electron chi connectivity index (χ4n) is 4.31. The van der Waals surface area contributed by atoms with E-state index in [2.05, 4.69) is 11.9 Å². The number of hydrogen-bond acceptors (Lipinski definition) is 4. The molecular weight excluding hydrogens is 507 g/mol. The van der Waals surface area contributed by atoms with E-state index in [4.69, 9.17) is 0 Å². The number of benzene rings is 2. The largest absolute Gasteiger partial charge is 0.388 e. The monoisotopic (exact) mass is 533 g/mol. The number of nitrogens with zero attached hydrogens (tertiary/aromatic N) is 2. The lowest BCUT2D eigenvalue weighted by Gasteiger charge is -2.19. The van der Waals surface area contributed by atoms with Crippen LogP contribution in [0.3, 0.4) is 0 Å². The molecule has 0 spiro atoms. The van der Waals surface area contributed by atoms with Crippen LogP contribution in [0.5, 0.6) is 0 Å². The molecule has 0 amide bonds. The molecule has 1 unspecified atom stereocenters. The topological polar surface area (TPSA) is 57.8 Å². The van der Waals surface area contributed by atoms with Crippen molar-refractivity contribution in [1.29, 1.82) is 5.26 Å². The van der Waals surface area contributed by atoms with E-state index in [0.717, 1.165) is 38.4 Å². The lowest BCUT2D eigenvalue weighted by molar-refractivity contribution is 0.103. The maximum absolute atomic E-state index is 14.5. The predicted molar refractivity (Wildman–Crippen MR) is 152 cm³/mol. The summed E-state index contributed by atoms with van der Waals surface area (Å²) in [7, 11) is 3.27. The molecule has 0 saturated heterocycles. The molecule has 188 valence electrons. The van der Waals surface area contributed by atoms with Crippen molar-refractivity contribution in [1.82, 2.24) is 4.57 Å². The second kappa shape index (κ2) is 10.4. The Hall–Kier alpha value is -3.59. The van der Waals surface area contributed by atoms with Gasteiger partial charge in [-0.25, -0.2) is 0 Å². The Morgan fingerprint density at radius 3 is 2.49 bits per heavy atom. The minimum absolute atomic E-state index is 0.156. The molecule has 1 N–H and O–H groups in total. The molecule has 8 heteroatoms. The van der Waals surface area contributed by atoms with Crippen molar-refractivity contribution in [3.63, 3.8) is 0 Å². The lowest BCUT2D eigenvalue weighted by atomic mass is 10.0. The zero-order valence-corrected chi connectivity index (χ0v) is 22.7. The van der Waals surface area contributed by atoms with Crippen LogP contribution in [-0.4, -0.2) is 11.6 Å². The Bertz CT molecular complexity index is 1610. The first-order chi connectivity index (χ1) is 17.6. The quantitative estimate of drug-likeness (QED) is 0.252. The Kier molecular flexibility index (Phi) is 7.45. The van der Waals surface area contributed by atoms with Gasteiger partial charge in [-0.05, 0) is 60.4 Å². The molecule has 0 radical (unpaired) electrons. The SMILES string of the molecule is C=Cc1ccc(-c2ccc(-c3cc(C(F)(F)P)c(C#N)c(=O)n3Cc3ccc(C)cc3C)s2)cc1NC. The van der Waals surface area contributed by atoms with Crippen molar-refractivity contribution in [2.75, 3.05) is 12.4 Å². The highest BCUT2D eigenvalue weighted by molar-refractivity contribution is 7.18. The number of nitrogens with one attached hydrogen (secondary N) is 1. The molecule has 2 heterocycles. The van der Waals surface area contributed by atoms with E-state index in [1.54, 1.807) is 12.1 Å². The standard InChI is InChI=1S/C29H26F2N3OPS/c1-5-19-8-9-20(13-24(19)33-4)26-10-11-27(37-26)25-14-23(29(30,31)36)22(15-32)28(35)34(25)16-21-7-6-17(2)12-18(21)3/h5-14,33H,1,16,36H2,2-4H3. The summed E-state index contributed by atoms with van der Waals surface area (Å²) in [6.07, 6.45) is 1.77. The van der Waals surface area contributed by atoms with Gasteiger partial charge in [0.1, 0.15) is 11.6 Å². The summed E-state index contributed by atoms with van der Waals surface area (Å²) in [6.45, 7) is 7.91. The molecule has 4 aromatic rings. The summed E-state index contributed by atoms with van der Waals surface area (Å²) in [4.78, 5) is 15.0. The molecule has 0 bridgehead atoms.